The summed E-state index contributed by atoms with van der Waals surface area (Å²) in [4.78, 5) is 15.6. The fourth-order valence-corrected chi connectivity index (χ4v) is 2.21. The van der Waals surface area contributed by atoms with E-state index in [4.69, 9.17) is 10.2 Å². The van der Waals surface area contributed by atoms with Gasteiger partial charge in [0.05, 0.1) is 6.26 Å². The highest BCUT2D eigenvalue weighted by Gasteiger charge is 2.08. The quantitative estimate of drug-likeness (QED) is 0.777. The number of hydrogen-bond acceptors (Lipinski definition) is 3. The van der Waals surface area contributed by atoms with E-state index in [2.05, 4.69) is 4.98 Å². The van der Waals surface area contributed by atoms with E-state index in [9.17, 15) is 4.79 Å². The van der Waals surface area contributed by atoms with Crippen molar-refractivity contribution in [1.29, 1.82) is 0 Å². The van der Waals surface area contributed by atoms with Crippen LogP contribution < -0.4 is 5.73 Å². The molecular weight excluding hydrogens is 288 g/mol. The summed E-state index contributed by atoms with van der Waals surface area (Å²) in [5.74, 6) is 0.303. The van der Waals surface area contributed by atoms with E-state index in [1.807, 2.05) is 57.2 Å². The molecule has 4 nitrogen and oxygen atoms in total. The first-order chi connectivity index (χ1) is 11.1. The van der Waals surface area contributed by atoms with Crippen molar-refractivity contribution < 1.29 is 9.21 Å². The van der Waals surface area contributed by atoms with Crippen molar-refractivity contribution in [1.82, 2.24) is 4.98 Å². The summed E-state index contributed by atoms with van der Waals surface area (Å²) in [5.41, 5.74) is 9.45. The van der Waals surface area contributed by atoms with Crippen molar-refractivity contribution in [3.05, 3.63) is 66.1 Å². The smallest absolute Gasteiger partial charge is 0.248 e. The Morgan fingerprint density at radius 1 is 1.04 bits per heavy atom. The zero-order chi connectivity index (χ0) is 16.8. The van der Waals surface area contributed by atoms with Gasteiger partial charge >= 0.3 is 0 Å². The van der Waals surface area contributed by atoms with Gasteiger partial charge in [-0.2, -0.15) is 0 Å². The molecule has 4 heteroatoms. The Morgan fingerprint density at radius 3 is 2.30 bits per heavy atom. The number of furan rings is 1. The number of nitrogens with zero attached hydrogens (tertiary/aromatic N) is 1. The molecule has 0 atom stereocenters. The zero-order valence-corrected chi connectivity index (χ0v) is 13.5. The lowest BCUT2D eigenvalue weighted by atomic mass is 10.0. The highest BCUT2D eigenvalue weighted by molar-refractivity contribution is 5.93. The van der Waals surface area contributed by atoms with Crippen molar-refractivity contribution in [2.45, 2.75) is 20.8 Å². The normalized spacial score (nSPS) is 9.87. The molecule has 2 heterocycles. The number of amides is 1. The fraction of sp³-hybridized carbons (Fsp3) is 0.158. The van der Waals surface area contributed by atoms with E-state index >= 15 is 0 Å². The third-order valence-electron chi connectivity index (χ3n) is 3.23. The molecule has 2 aromatic heterocycles. The van der Waals surface area contributed by atoms with Gasteiger partial charge in [-0.3, -0.25) is 4.79 Å². The SMILES string of the molecule is CC.Cc1cc(-c2ccc(C(N)=O)cc2)cc(-c2ccco2)n1. The van der Waals surface area contributed by atoms with E-state index in [0.717, 1.165) is 28.3 Å². The summed E-state index contributed by atoms with van der Waals surface area (Å²) in [7, 11) is 0. The summed E-state index contributed by atoms with van der Waals surface area (Å²) >= 11 is 0. The minimum atomic E-state index is -0.427. The molecule has 23 heavy (non-hydrogen) atoms. The van der Waals surface area contributed by atoms with Crippen LogP contribution >= 0.6 is 0 Å². The Bertz CT molecular complexity index is 776. The second-order valence-corrected chi connectivity index (χ2v) is 4.80. The maximum absolute atomic E-state index is 11.1. The lowest BCUT2D eigenvalue weighted by Gasteiger charge is -2.06. The van der Waals surface area contributed by atoms with Gasteiger partial charge in [0.2, 0.25) is 5.91 Å². The van der Waals surface area contributed by atoms with Crippen LogP contribution in [0.1, 0.15) is 29.9 Å². The summed E-state index contributed by atoms with van der Waals surface area (Å²) in [6.07, 6.45) is 1.63. The minimum absolute atomic E-state index is 0.427. The number of primary amides is 1. The molecule has 118 valence electrons. The van der Waals surface area contributed by atoms with E-state index in [1.54, 1.807) is 18.4 Å². The molecule has 0 spiro atoms. The maximum atomic E-state index is 11.1. The minimum Gasteiger partial charge on any atom is -0.463 e. The molecule has 0 saturated heterocycles. The molecule has 3 aromatic rings. The molecular formula is C19H20N2O2. The van der Waals surface area contributed by atoms with Crippen LogP contribution in [0.5, 0.6) is 0 Å². The molecule has 0 fully saturated rings. The topological polar surface area (TPSA) is 69.1 Å². The average molecular weight is 308 g/mol. The number of benzene rings is 1. The highest BCUT2D eigenvalue weighted by atomic mass is 16.3. The van der Waals surface area contributed by atoms with Gasteiger partial charge in [-0.25, -0.2) is 4.98 Å². The van der Waals surface area contributed by atoms with Gasteiger partial charge in [0.1, 0.15) is 5.69 Å². The number of nitrogens with two attached hydrogens (primary N) is 1. The number of pyridine rings is 1. The number of carbonyl (C=O) groups excluding carboxylic acids is 1. The summed E-state index contributed by atoms with van der Waals surface area (Å²) < 4.78 is 5.39. The third-order valence-corrected chi connectivity index (χ3v) is 3.23. The lowest BCUT2D eigenvalue weighted by Crippen LogP contribution is -2.10. The van der Waals surface area contributed by atoms with E-state index < -0.39 is 5.91 Å². The first-order valence-corrected chi connectivity index (χ1v) is 7.56. The molecule has 2 N–H and O–H groups in total. The molecule has 0 unspecified atom stereocenters. The van der Waals surface area contributed by atoms with Gasteiger partial charge in [-0.15, -0.1) is 0 Å². The van der Waals surface area contributed by atoms with Gasteiger partial charge < -0.3 is 10.2 Å². The molecule has 3 rings (SSSR count). The van der Waals surface area contributed by atoms with Crippen molar-refractivity contribution in [2.24, 2.45) is 5.73 Å². The molecule has 0 radical (unpaired) electrons. The van der Waals surface area contributed by atoms with Crippen molar-refractivity contribution in [3.63, 3.8) is 0 Å². The predicted octanol–water partition coefficient (Wildman–Crippen LogP) is 4.44. The first kappa shape index (κ1) is 16.5. The Hall–Kier alpha value is -2.88. The maximum Gasteiger partial charge on any atom is 0.248 e. The highest BCUT2D eigenvalue weighted by Crippen LogP contribution is 2.26. The van der Waals surface area contributed by atoms with Crippen LogP contribution in [0.15, 0.2) is 59.2 Å². The summed E-state index contributed by atoms with van der Waals surface area (Å²) in [6.45, 7) is 5.94. The van der Waals surface area contributed by atoms with E-state index in [1.165, 1.54) is 0 Å². The molecule has 1 aromatic carbocycles. The van der Waals surface area contributed by atoms with Crippen LogP contribution in [-0.2, 0) is 0 Å². The number of hydrogen-bond donors (Lipinski definition) is 1. The second kappa shape index (κ2) is 7.40. The third kappa shape index (κ3) is 3.86. The average Bonchev–Trinajstić information content (AvgIpc) is 3.11. The van der Waals surface area contributed by atoms with Crippen molar-refractivity contribution >= 4 is 5.91 Å². The molecule has 1 amide bonds. The van der Waals surface area contributed by atoms with Gasteiger partial charge in [0, 0.05) is 11.3 Å². The van der Waals surface area contributed by atoms with E-state index in [0.29, 0.717) is 5.56 Å². The lowest BCUT2D eigenvalue weighted by molar-refractivity contribution is 0.100. The van der Waals surface area contributed by atoms with Crippen LogP contribution in [0, 0.1) is 6.92 Å². The number of carbonyl (C=O) groups is 1. The van der Waals surface area contributed by atoms with Gasteiger partial charge in [-0.1, -0.05) is 26.0 Å². The first-order valence-electron chi connectivity index (χ1n) is 7.56. The second-order valence-electron chi connectivity index (χ2n) is 4.80. The van der Waals surface area contributed by atoms with Crippen LogP contribution in [0.2, 0.25) is 0 Å². The fourth-order valence-electron chi connectivity index (χ4n) is 2.21. The van der Waals surface area contributed by atoms with Crippen molar-refractivity contribution in [3.8, 4) is 22.6 Å². The number of rotatable bonds is 3. The molecule has 0 aliphatic carbocycles. The number of aromatic nitrogens is 1. The number of aryl methyl sites for hydroxylation is 1. The van der Waals surface area contributed by atoms with Crippen LogP contribution in [0.25, 0.3) is 22.6 Å². The van der Waals surface area contributed by atoms with Crippen LogP contribution in [-0.4, -0.2) is 10.9 Å². The van der Waals surface area contributed by atoms with Crippen molar-refractivity contribution in [2.75, 3.05) is 0 Å². The molecule has 0 aliphatic heterocycles. The monoisotopic (exact) mass is 308 g/mol. The standard InChI is InChI=1S/C17H14N2O2.C2H6/c1-11-9-14(10-15(19-11)16-3-2-8-21-16)12-4-6-13(7-5-12)17(18)20;1-2/h2-10H,1H3,(H2,18,20);1-2H3. The van der Waals surface area contributed by atoms with Gasteiger partial charge in [-0.05, 0) is 54.4 Å². The van der Waals surface area contributed by atoms with Crippen LogP contribution in [0.3, 0.4) is 0 Å². The Morgan fingerprint density at radius 2 is 1.74 bits per heavy atom. The molecule has 0 saturated carbocycles. The van der Waals surface area contributed by atoms with E-state index in [-0.39, 0.29) is 0 Å². The summed E-state index contributed by atoms with van der Waals surface area (Å²) in [5, 5.41) is 0. The molecule has 0 aliphatic rings. The largest absolute Gasteiger partial charge is 0.463 e. The van der Waals surface area contributed by atoms with Gasteiger partial charge in [0.25, 0.3) is 0 Å². The van der Waals surface area contributed by atoms with Crippen LogP contribution in [0.4, 0.5) is 0 Å². The van der Waals surface area contributed by atoms with Gasteiger partial charge in [0.15, 0.2) is 5.76 Å². The molecule has 0 bridgehead atoms. The Kier molecular flexibility index (Phi) is 5.31. The Labute approximate surface area is 136 Å². The zero-order valence-electron chi connectivity index (χ0n) is 13.5. The predicted molar refractivity (Wildman–Crippen MR) is 92.0 cm³/mol. The Balaban J connectivity index is 0.000000924. The summed E-state index contributed by atoms with van der Waals surface area (Å²) in [6, 6.07) is 14.9.